The Morgan fingerprint density at radius 3 is 2.39 bits per heavy atom. The number of methoxy groups -OCH3 is 1. The van der Waals surface area contributed by atoms with Gasteiger partial charge in [0.25, 0.3) is 0 Å². The maximum absolute atomic E-state index is 12.8. The molecule has 0 amide bonds. The van der Waals surface area contributed by atoms with Crippen LogP contribution in [0.4, 0.5) is 13.2 Å². The Morgan fingerprint density at radius 2 is 1.89 bits per heavy atom. The van der Waals surface area contributed by atoms with Gasteiger partial charge in [-0.2, -0.15) is 13.2 Å². The molecule has 0 saturated heterocycles. The Labute approximate surface area is 105 Å². The van der Waals surface area contributed by atoms with Crippen molar-refractivity contribution in [3.8, 4) is 5.75 Å². The summed E-state index contributed by atoms with van der Waals surface area (Å²) >= 11 is 0. The van der Waals surface area contributed by atoms with Crippen LogP contribution in [-0.4, -0.2) is 32.6 Å². The van der Waals surface area contributed by atoms with Gasteiger partial charge >= 0.3 is 6.18 Å². The zero-order valence-corrected chi connectivity index (χ0v) is 10.8. The van der Waals surface area contributed by atoms with E-state index in [4.69, 9.17) is 4.74 Å². The van der Waals surface area contributed by atoms with Gasteiger partial charge in [-0.25, -0.2) is 0 Å². The average molecular weight is 261 g/mol. The summed E-state index contributed by atoms with van der Waals surface area (Å²) in [4.78, 5) is 2.01. The highest BCUT2D eigenvalue weighted by Crippen LogP contribution is 2.36. The number of alkyl halides is 3. The van der Waals surface area contributed by atoms with Crippen LogP contribution >= 0.6 is 0 Å². The summed E-state index contributed by atoms with van der Waals surface area (Å²) in [5.74, 6) is -0.126. The van der Waals surface area contributed by atoms with E-state index in [9.17, 15) is 13.2 Å². The molecule has 0 fully saturated rings. The van der Waals surface area contributed by atoms with Gasteiger partial charge in [-0.3, -0.25) is 0 Å². The molecule has 0 heterocycles. The fraction of sp³-hybridized carbons (Fsp3) is 0.538. The van der Waals surface area contributed by atoms with Crippen molar-refractivity contribution in [2.45, 2.75) is 19.0 Å². The number of benzene rings is 1. The highest BCUT2D eigenvalue weighted by molar-refractivity contribution is 5.39. The molecule has 1 aromatic carbocycles. The van der Waals surface area contributed by atoms with Crippen molar-refractivity contribution in [1.82, 2.24) is 4.90 Å². The van der Waals surface area contributed by atoms with Crippen molar-refractivity contribution in [3.63, 3.8) is 0 Å². The first kappa shape index (κ1) is 14.8. The minimum atomic E-state index is -4.37. The second-order valence-corrected chi connectivity index (χ2v) is 4.44. The maximum atomic E-state index is 12.8. The molecule has 0 aromatic heterocycles. The maximum Gasteiger partial charge on any atom is 0.419 e. The van der Waals surface area contributed by atoms with Crippen LogP contribution in [0.1, 0.15) is 17.5 Å². The van der Waals surface area contributed by atoms with Crippen LogP contribution < -0.4 is 4.74 Å². The van der Waals surface area contributed by atoms with Crippen molar-refractivity contribution < 1.29 is 17.9 Å². The van der Waals surface area contributed by atoms with E-state index >= 15 is 0 Å². The molecular formula is C13H18F3NO. The molecule has 0 aliphatic carbocycles. The Morgan fingerprint density at radius 1 is 1.22 bits per heavy atom. The largest absolute Gasteiger partial charge is 0.496 e. The van der Waals surface area contributed by atoms with E-state index in [1.165, 1.54) is 19.2 Å². The molecular weight excluding hydrogens is 243 g/mol. The molecule has 0 N–H and O–H groups in total. The fourth-order valence-corrected chi connectivity index (χ4v) is 1.73. The zero-order valence-electron chi connectivity index (χ0n) is 10.8. The van der Waals surface area contributed by atoms with Crippen molar-refractivity contribution in [1.29, 1.82) is 0 Å². The topological polar surface area (TPSA) is 12.5 Å². The quantitative estimate of drug-likeness (QED) is 0.807. The molecule has 5 heteroatoms. The highest BCUT2D eigenvalue weighted by atomic mass is 19.4. The first-order valence-electron chi connectivity index (χ1n) is 5.73. The molecule has 1 aromatic rings. The molecule has 0 unspecified atom stereocenters. The monoisotopic (exact) mass is 261 g/mol. The van der Waals surface area contributed by atoms with Crippen LogP contribution in [0.5, 0.6) is 5.75 Å². The van der Waals surface area contributed by atoms with Crippen molar-refractivity contribution >= 4 is 0 Å². The van der Waals surface area contributed by atoms with Gasteiger partial charge in [0.15, 0.2) is 0 Å². The highest BCUT2D eigenvalue weighted by Gasteiger charge is 2.34. The van der Waals surface area contributed by atoms with E-state index in [1.807, 2.05) is 19.0 Å². The van der Waals surface area contributed by atoms with Gasteiger partial charge in [-0.15, -0.1) is 0 Å². The van der Waals surface area contributed by atoms with Gasteiger partial charge in [0.1, 0.15) is 5.75 Å². The number of aryl methyl sites for hydroxylation is 1. The molecule has 102 valence electrons. The van der Waals surface area contributed by atoms with Gasteiger partial charge in [-0.05, 0) is 51.2 Å². The molecule has 0 spiro atoms. The Balaban J connectivity index is 2.83. The summed E-state index contributed by atoms with van der Waals surface area (Å²) in [7, 11) is 5.13. The lowest BCUT2D eigenvalue weighted by Gasteiger charge is -2.14. The molecule has 0 aliphatic heterocycles. The van der Waals surface area contributed by atoms with Crippen molar-refractivity contribution in [2.24, 2.45) is 0 Å². The van der Waals surface area contributed by atoms with E-state index in [0.29, 0.717) is 12.0 Å². The predicted molar refractivity (Wildman–Crippen MR) is 64.9 cm³/mol. The van der Waals surface area contributed by atoms with Gasteiger partial charge in [0.05, 0.1) is 12.7 Å². The predicted octanol–water partition coefficient (Wildman–Crippen LogP) is 3.21. The molecule has 18 heavy (non-hydrogen) atoms. The zero-order chi connectivity index (χ0) is 13.8. The van der Waals surface area contributed by atoms with Crippen LogP contribution in [0.15, 0.2) is 18.2 Å². The van der Waals surface area contributed by atoms with Crippen LogP contribution in [0.25, 0.3) is 0 Å². The molecule has 0 saturated carbocycles. The van der Waals surface area contributed by atoms with E-state index in [1.54, 1.807) is 6.07 Å². The SMILES string of the molecule is COc1ccc(CCCN(C)C)cc1C(F)(F)F. The minimum absolute atomic E-state index is 0.126. The first-order chi connectivity index (χ1) is 8.34. The normalized spacial score (nSPS) is 11.9. The third kappa shape index (κ3) is 4.22. The van der Waals surface area contributed by atoms with E-state index in [0.717, 1.165) is 13.0 Å². The summed E-state index contributed by atoms with van der Waals surface area (Å²) in [6, 6.07) is 4.24. The minimum Gasteiger partial charge on any atom is -0.496 e. The Bertz CT molecular complexity index is 388. The summed E-state index contributed by atoms with van der Waals surface area (Å²) in [5, 5.41) is 0. The van der Waals surface area contributed by atoms with Gasteiger partial charge in [-0.1, -0.05) is 6.07 Å². The number of hydrogen-bond donors (Lipinski definition) is 0. The molecule has 1 rings (SSSR count). The van der Waals surface area contributed by atoms with E-state index < -0.39 is 11.7 Å². The fourth-order valence-electron chi connectivity index (χ4n) is 1.73. The standard InChI is InChI=1S/C13H18F3NO/c1-17(2)8-4-5-10-6-7-12(18-3)11(9-10)13(14,15)16/h6-7,9H,4-5,8H2,1-3H3. The van der Waals surface area contributed by atoms with Crippen LogP contribution in [0.3, 0.4) is 0 Å². The smallest absolute Gasteiger partial charge is 0.419 e. The van der Waals surface area contributed by atoms with Gasteiger partial charge in [0.2, 0.25) is 0 Å². The van der Waals surface area contributed by atoms with Gasteiger partial charge in [0, 0.05) is 0 Å². The average Bonchev–Trinajstić information content (AvgIpc) is 2.27. The molecule has 0 aliphatic rings. The number of nitrogens with zero attached hydrogens (tertiary/aromatic N) is 1. The lowest BCUT2D eigenvalue weighted by atomic mass is 10.0. The Hall–Kier alpha value is -1.23. The van der Waals surface area contributed by atoms with Crippen LogP contribution in [0, 0.1) is 0 Å². The van der Waals surface area contributed by atoms with Crippen LogP contribution in [0.2, 0.25) is 0 Å². The summed E-state index contributed by atoms with van der Waals surface area (Å²) in [6.45, 7) is 0.855. The number of halogens is 3. The number of ether oxygens (including phenoxy) is 1. The molecule has 0 bridgehead atoms. The second-order valence-electron chi connectivity index (χ2n) is 4.44. The third-order valence-corrected chi connectivity index (χ3v) is 2.64. The Kier molecular flexibility index (Phi) is 5.02. The van der Waals surface area contributed by atoms with Gasteiger partial charge < -0.3 is 9.64 Å². The number of hydrogen-bond acceptors (Lipinski definition) is 2. The second kappa shape index (κ2) is 6.09. The molecule has 2 nitrogen and oxygen atoms in total. The van der Waals surface area contributed by atoms with E-state index in [-0.39, 0.29) is 5.75 Å². The van der Waals surface area contributed by atoms with E-state index in [2.05, 4.69) is 0 Å². The summed E-state index contributed by atoms with van der Waals surface area (Å²) < 4.78 is 43.1. The van der Waals surface area contributed by atoms with Crippen molar-refractivity contribution in [3.05, 3.63) is 29.3 Å². The third-order valence-electron chi connectivity index (χ3n) is 2.64. The lowest BCUT2D eigenvalue weighted by molar-refractivity contribution is -0.138. The first-order valence-corrected chi connectivity index (χ1v) is 5.73. The number of rotatable bonds is 5. The van der Waals surface area contributed by atoms with Crippen LogP contribution in [-0.2, 0) is 12.6 Å². The summed E-state index contributed by atoms with van der Waals surface area (Å²) in [5.41, 5.74) is -0.0164. The summed E-state index contributed by atoms with van der Waals surface area (Å²) in [6.07, 6.45) is -2.91. The molecule has 0 radical (unpaired) electrons. The molecule has 0 atom stereocenters. The van der Waals surface area contributed by atoms with Crippen molar-refractivity contribution in [2.75, 3.05) is 27.7 Å². The lowest BCUT2D eigenvalue weighted by Crippen LogP contribution is -2.14.